The summed E-state index contributed by atoms with van der Waals surface area (Å²) in [5, 5.41) is 10.1. The van der Waals surface area contributed by atoms with Crippen molar-refractivity contribution in [1.29, 1.82) is 0 Å². The number of carbonyl (C=O) groups is 1. The lowest BCUT2D eigenvalue weighted by Crippen LogP contribution is -2.27. The minimum atomic E-state index is -0.00643. The van der Waals surface area contributed by atoms with Gasteiger partial charge in [0.15, 0.2) is 5.16 Å². The molecule has 0 saturated heterocycles. The van der Waals surface area contributed by atoms with E-state index in [0.717, 1.165) is 22.6 Å². The van der Waals surface area contributed by atoms with Crippen LogP contribution in [0.3, 0.4) is 0 Å². The van der Waals surface area contributed by atoms with E-state index in [2.05, 4.69) is 10.2 Å². The van der Waals surface area contributed by atoms with Crippen molar-refractivity contribution >= 4 is 40.9 Å². The summed E-state index contributed by atoms with van der Waals surface area (Å²) in [5.41, 5.74) is 3.06. The second-order valence-electron chi connectivity index (χ2n) is 6.44. The van der Waals surface area contributed by atoms with Crippen LogP contribution >= 0.6 is 35.0 Å². The molecule has 8 heteroatoms. The first kappa shape index (κ1) is 20.7. The fourth-order valence-electron chi connectivity index (χ4n) is 2.76. The Morgan fingerprint density at radius 3 is 2.57 bits per heavy atom. The molecule has 0 fully saturated rings. The zero-order valence-electron chi connectivity index (χ0n) is 15.8. The normalized spacial score (nSPS) is 10.9. The lowest BCUT2D eigenvalue weighted by molar-refractivity contribution is -0.127. The molecule has 0 radical (unpaired) electrons. The van der Waals surface area contributed by atoms with Crippen LogP contribution < -0.4 is 0 Å². The zero-order valence-corrected chi connectivity index (χ0v) is 18.1. The first-order valence-electron chi connectivity index (χ1n) is 8.65. The first-order valence-corrected chi connectivity index (χ1v) is 10.4. The number of para-hydroxylation sites is 1. The van der Waals surface area contributed by atoms with Gasteiger partial charge in [-0.3, -0.25) is 9.36 Å². The topological polar surface area (TPSA) is 51.0 Å². The number of nitrogens with zero attached hydrogens (tertiary/aromatic N) is 4. The van der Waals surface area contributed by atoms with Gasteiger partial charge in [0.25, 0.3) is 0 Å². The Labute approximate surface area is 178 Å². The summed E-state index contributed by atoms with van der Waals surface area (Å²) in [4.78, 5) is 14.2. The van der Waals surface area contributed by atoms with Gasteiger partial charge in [-0.05, 0) is 43.2 Å². The van der Waals surface area contributed by atoms with Crippen LogP contribution in [0.5, 0.6) is 0 Å². The SMILES string of the molecule is Cc1ccccc1-n1c(C)nnc1SCC(=O)N(C)Cc1ccc(Cl)c(Cl)c1. The molecular formula is C20H20Cl2N4OS. The van der Waals surface area contributed by atoms with E-state index in [4.69, 9.17) is 23.2 Å². The van der Waals surface area contributed by atoms with Crippen LogP contribution in [0.25, 0.3) is 5.69 Å². The van der Waals surface area contributed by atoms with Crippen molar-refractivity contribution < 1.29 is 4.79 Å². The second kappa shape index (κ2) is 8.99. The van der Waals surface area contributed by atoms with E-state index in [9.17, 15) is 4.79 Å². The Hall–Kier alpha value is -2.02. The summed E-state index contributed by atoms with van der Waals surface area (Å²) in [6.45, 7) is 4.40. The third kappa shape index (κ3) is 4.69. The average molecular weight is 435 g/mol. The van der Waals surface area contributed by atoms with E-state index in [1.165, 1.54) is 11.8 Å². The van der Waals surface area contributed by atoms with E-state index >= 15 is 0 Å². The lowest BCUT2D eigenvalue weighted by atomic mass is 10.2. The van der Waals surface area contributed by atoms with Gasteiger partial charge in [-0.1, -0.05) is 59.2 Å². The third-order valence-electron chi connectivity index (χ3n) is 4.31. The molecule has 1 heterocycles. The van der Waals surface area contributed by atoms with Crippen LogP contribution in [0.4, 0.5) is 0 Å². The third-order valence-corrected chi connectivity index (χ3v) is 5.96. The molecular weight excluding hydrogens is 415 g/mol. The molecule has 0 aliphatic rings. The summed E-state index contributed by atoms with van der Waals surface area (Å²) in [5.74, 6) is 1.04. The monoisotopic (exact) mass is 434 g/mol. The standard InChI is InChI=1S/C20H20Cl2N4OS/c1-13-6-4-5-7-18(13)26-14(2)23-24-20(26)28-12-19(27)25(3)11-15-8-9-16(21)17(22)10-15/h4-10H,11-12H2,1-3H3. The largest absolute Gasteiger partial charge is 0.341 e. The maximum Gasteiger partial charge on any atom is 0.233 e. The minimum absolute atomic E-state index is 0.00643. The van der Waals surface area contributed by atoms with Gasteiger partial charge in [0.05, 0.1) is 21.5 Å². The lowest BCUT2D eigenvalue weighted by Gasteiger charge is -2.17. The Bertz CT molecular complexity index is 1010. The quantitative estimate of drug-likeness (QED) is 0.515. The van der Waals surface area contributed by atoms with Crippen LogP contribution in [0.15, 0.2) is 47.6 Å². The average Bonchev–Trinajstić information content (AvgIpc) is 3.03. The molecule has 0 unspecified atom stereocenters. The minimum Gasteiger partial charge on any atom is -0.341 e. The van der Waals surface area contributed by atoms with Crippen molar-refractivity contribution in [3.63, 3.8) is 0 Å². The molecule has 0 saturated carbocycles. The number of aromatic nitrogens is 3. The molecule has 3 aromatic rings. The molecule has 0 bridgehead atoms. The summed E-state index contributed by atoms with van der Waals surface area (Å²) in [7, 11) is 1.77. The summed E-state index contributed by atoms with van der Waals surface area (Å²) in [6, 6.07) is 13.4. The van der Waals surface area contributed by atoms with E-state index in [0.29, 0.717) is 21.7 Å². The Morgan fingerprint density at radius 2 is 1.86 bits per heavy atom. The van der Waals surface area contributed by atoms with Crippen molar-refractivity contribution in [2.75, 3.05) is 12.8 Å². The smallest absolute Gasteiger partial charge is 0.233 e. The zero-order chi connectivity index (χ0) is 20.3. The highest BCUT2D eigenvalue weighted by atomic mass is 35.5. The van der Waals surface area contributed by atoms with E-state index < -0.39 is 0 Å². The van der Waals surface area contributed by atoms with Gasteiger partial charge >= 0.3 is 0 Å². The maximum absolute atomic E-state index is 12.6. The second-order valence-corrected chi connectivity index (χ2v) is 8.20. The molecule has 2 aromatic carbocycles. The highest BCUT2D eigenvalue weighted by Crippen LogP contribution is 2.25. The molecule has 1 aromatic heterocycles. The fraction of sp³-hybridized carbons (Fsp3) is 0.250. The van der Waals surface area contributed by atoms with Crippen LogP contribution in [0, 0.1) is 13.8 Å². The van der Waals surface area contributed by atoms with E-state index in [1.807, 2.05) is 48.7 Å². The van der Waals surface area contributed by atoms with Crippen LogP contribution in [-0.4, -0.2) is 38.4 Å². The van der Waals surface area contributed by atoms with Crippen molar-refractivity contribution in [3.05, 3.63) is 69.5 Å². The highest BCUT2D eigenvalue weighted by Gasteiger charge is 2.16. The van der Waals surface area contributed by atoms with Crippen molar-refractivity contribution in [1.82, 2.24) is 19.7 Å². The molecule has 0 spiro atoms. The number of halogens is 2. The van der Waals surface area contributed by atoms with E-state index in [-0.39, 0.29) is 11.7 Å². The van der Waals surface area contributed by atoms with Gasteiger partial charge in [-0.25, -0.2) is 0 Å². The first-order chi connectivity index (χ1) is 13.4. The maximum atomic E-state index is 12.6. The van der Waals surface area contributed by atoms with Crippen molar-refractivity contribution in [2.45, 2.75) is 25.5 Å². The predicted octanol–water partition coefficient (Wildman–Crippen LogP) is 4.94. The van der Waals surface area contributed by atoms with Gasteiger partial charge in [-0.15, -0.1) is 10.2 Å². The van der Waals surface area contributed by atoms with Gasteiger partial charge in [-0.2, -0.15) is 0 Å². The summed E-state index contributed by atoms with van der Waals surface area (Å²) in [6.07, 6.45) is 0. The molecule has 146 valence electrons. The molecule has 0 aliphatic carbocycles. The van der Waals surface area contributed by atoms with Gasteiger partial charge in [0, 0.05) is 13.6 Å². The number of hydrogen-bond donors (Lipinski definition) is 0. The summed E-state index contributed by atoms with van der Waals surface area (Å²) >= 11 is 13.4. The van der Waals surface area contributed by atoms with Gasteiger partial charge in [0.2, 0.25) is 5.91 Å². The number of rotatable bonds is 6. The van der Waals surface area contributed by atoms with Crippen LogP contribution in [0.1, 0.15) is 17.0 Å². The summed E-state index contributed by atoms with van der Waals surface area (Å²) < 4.78 is 1.98. The Morgan fingerprint density at radius 1 is 1.11 bits per heavy atom. The molecule has 5 nitrogen and oxygen atoms in total. The number of carbonyl (C=O) groups excluding carboxylic acids is 1. The van der Waals surface area contributed by atoms with Crippen molar-refractivity contribution in [3.8, 4) is 5.69 Å². The molecule has 0 aliphatic heterocycles. The van der Waals surface area contributed by atoms with E-state index in [1.54, 1.807) is 24.1 Å². The highest BCUT2D eigenvalue weighted by molar-refractivity contribution is 7.99. The molecule has 3 rings (SSSR count). The van der Waals surface area contributed by atoms with Crippen molar-refractivity contribution in [2.24, 2.45) is 0 Å². The Balaban J connectivity index is 1.68. The Kier molecular flexibility index (Phi) is 6.65. The number of amides is 1. The van der Waals surface area contributed by atoms with Gasteiger partial charge < -0.3 is 4.90 Å². The fourth-order valence-corrected chi connectivity index (χ4v) is 4.02. The molecule has 0 N–H and O–H groups in total. The molecule has 1 amide bonds. The number of aryl methyl sites for hydroxylation is 2. The molecule has 28 heavy (non-hydrogen) atoms. The molecule has 0 atom stereocenters. The number of benzene rings is 2. The predicted molar refractivity (Wildman–Crippen MR) is 114 cm³/mol. The van der Waals surface area contributed by atoms with Crippen LogP contribution in [0.2, 0.25) is 10.0 Å². The number of thioether (sulfide) groups is 1. The number of hydrogen-bond acceptors (Lipinski definition) is 4. The van der Waals surface area contributed by atoms with Gasteiger partial charge in [0.1, 0.15) is 5.82 Å². The van der Waals surface area contributed by atoms with Crippen LogP contribution in [-0.2, 0) is 11.3 Å².